The average Bonchev–Trinajstić information content (AvgIpc) is 2.66. The minimum Gasteiger partial charge on any atom is -0.493 e. The molecule has 1 heterocycles. The summed E-state index contributed by atoms with van der Waals surface area (Å²) < 4.78 is 15.7. The Bertz CT molecular complexity index is 629. The molecule has 1 fully saturated rings. The maximum atomic E-state index is 12.0. The zero-order valence-electron chi connectivity index (χ0n) is 14.7. The number of rotatable bonds is 5. The van der Waals surface area contributed by atoms with Crippen molar-refractivity contribution >= 4 is 18.0 Å². The molecule has 0 spiro atoms. The van der Waals surface area contributed by atoms with Crippen LogP contribution in [0.3, 0.4) is 0 Å². The number of ether oxygens (including phenoxy) is 3. The van der Waals surface area contributed by atoms with Crippen molar-refractivity contribution in [2.75, 3.05) is 34.4 Å². The zero-order chi connectivity index (χ0) is 18.2. The topological polar surface area (TPSA) is 89.5 Å². The minimum absolute atomic E-state index is 0.464. The molecule has 2 rings (SSSR count). The lowest BCUT2D eigenvalue weighted by Crippen LogP contribution is -2.43. The number of hydrogen-bond donors (Lipinski definition) is 1. The molecule has 1 N–H and O–H groups in total. The number of methoxy groups -OCH3 is 3. The van der Waals surface area contributed by atoms with E-state index in [0.29, 0.717) is 35.9 Å². The predicted octanol–water partition coefficient (Wildman–Crippen LogP) is 1.17. The van der Waals surface area contributed by atoms with Gasteiger partial charge in [-0.25, -0.2) is 5.43 Å². The van der Waals surface area contributed by atoms with Crippen molar-refractivity contribution in [3.63, 3.8) is 0 Å². The van der Waals surface area contributed by atoms with Gasteiger partial charge in [0.2, 0.25) is 5.75 Å². The second-order valence-corrected chi connectivity index (χ2v) is 5.51. The quantitative estimate of drug-likeness (QED) is 0.490. The van der Waals surface area contributed by atoms with Crippen LogP contribution in [0.1, 0.15) is 24.8 Å². The fourth-order valence-corrected chi connectivity index (χ4v) is 2.63. The zero-order valence-corrected chi connectivity index (χ0v) is 14.7. The Balaban J connectivity index is 2.03. The molecule has 0 atom stereocenters. The number of carbonyl (C=O) groups excluding carboxylic acids is 2. The van der Waals surface area contributed by atoms with E-state index in [1.165, 1.54) is 27.5 Å². The number of nitrogens with one attached hydrogen (secondary N) is 1. The summed E-state index contributed by atoms with van der Waals surface area (Å²) in [5, 5.41) is 3.84. The lowest BCUT2D eigenvalue weighted by atomic mass is 10.1. The summed E-state index contributed by atoms with van der Waals surface area (Å²) in [6.07, 6.45) is 4.35. The van der Waals surface area contributed by atoms with Crippen molar-refractivity contribution in [3.8, 4) is 17.2 Å². The monoisotopic (exact) mass is 349 g/mol. The third-order valence-electron chi connectivity index (χ3n) is 3.90. The number of hydrogen-bond acceptors (Lipinski definition) is 6. The highest BCUT2D eigenvalue weighted by molar-refractivity contribution is 6.35. The Kier molecular flexibility index (Phi) is 6.62. The molecule has 1 aromatic rings. The first-order valence-electron chi connectivity index (χ1n) is 8.03. The van der Waals surface area contributed by atoms with Crippen LogP contribution in [0, 0.1) is 0 Å². The van der Waals surface area contributed by atoms with Gasteiger partial charge in [-0.2, -0.15) is 5.10 Å². The number of benzene rings is 1. The molecule has 0 saturated carbocycles. The van der Waals surface area contributed by atoms with Crippen molar-refractivity contribution in [2.45, 2.75) is 19.3 Å². The third-order valence-corrected chi connectivity index (χ3v) is 3.90. The van der Waals surface area contributed by atoms with Crippen LogP contribution in [0.2, 0.25) is 0 Å². The number of piperidine rings is 1. The molecule has 0 aliphatic carbocycles. The fraction of sp³-hybridized carbons (Fsp3) is 0.471. The summed E-state index contributed by atoms with van der Waals surface area (Å²) >= 11 is 0. The van der Waals surface area contributed by atoms with E-state index in [2.05, 4.69) is 10.5 Å². The van der Waals surface area contributed by atoms with Crippen LogP contribution in [0.25, 0.3) is 0 Å². The lowest BCUT2D eigenvalue weighted by molar-refractivity contribution is -0.146. The van der Waals surface area contributed by atoms with Gasteiger partial charge in [0.05, 0.1) is 27.5 Å². The highest BCUT2D eigenvalue weighted by atomic mass is 16.5. The average molecular weight is 349 g/mol. The molecule has 0 bridgehead atoms. The van der Waals surface area contributed by atoms with Gasteiger partial charge < -0.3 is 19.1 Å². The first kappa shape index (κ1) is 18.6. The van der Waals surface area contributed by atoms with E-state index in [4.69, 9.17) is 14.2 Å². The van der Waals surface area contributed by atoms with Crippen LogP contribution in [0.15, 0.2) is 17.2 Å². The summed E-state index contributed by atoms with van der Waals surface area (Å²) in [7, 11) is 4.54. The van der Waals surface area contributed by atoms with Gasteiger partial charge in [0.15, 0.2) is 11.5 Å². The maximum Gasteiger partial charge on any atom is 0.329 e. The minimum atomic E-state index is -0.745. The van der Waals surface area contributed by atoms with Crippen molar-refractivity contribution in [2.24, 2.45) is 5.10 Å². The van der Waals surface area contributed by atoms with Crippen LogP contribution in [0.4, 0.5) is 0 Å². The molecule has 25 heavy (non-hydrogen) atoms. The normalized spacial score (nSPS) is 14.3. The van der Waals surface area contributed by atoms with E-state index in [1.807, 2.05) is 0 Å². The SMILES string of the molecule is COc1cc(/C=N/NC(=O)C(=O)N2CCCCC2)cc(OC)c1OC. The molecule has 1 aliphatic heterocycles. The standard InChI is InChI=1S/C17H23N3O5/c1-23-13-9-12(10-14(24-2)15(13)25-3)11-18-19-16(21)17(22)20-7-5-4-6-8-20/h9-11H,4-8H2,1-3H3,(H,19,21)/b18-11+. The Morgan fingerprint density at radius 1 is 1.04 bits per heavy atom. The molecular weight excluding hydrogens is 326 g/mol. The number of likely N-dealkylation sites (tertiary alicyclic amines) is 1. The molecule has 2 amide bonds. The molecular formula is C17H23N3O5. The van der Waals surface area contributed by atoms with Crippen LogP contribution in [-0.2, 0) is 9.59 Å². The Morgan fingerprint density at radius 2 is 1.64 bits per heavy atom. The third kappa shape index (κ3) is 4.62. The van der Waals surface area contributed by atoms with Gasteiger partial charge >= 0.3 is 11.8 Å². The van der Waals surface area contributed by atoms with Gasteiger partial charge in [0, 0.05) is 18.7 Å². The van der Waals surface area contributed by atoms with Gasteiger partial charge in [-0.05, 0) is 31.4 Å². The summed E-state index contributed by atoms with van der Waals surface area (Å²) in [6, 6.07) is 3.37. The van der Waals surface area contributed by atoms with Gasteiger partial charge in [0.25, 0.3) is 0 Å². The summed E-state index contributed by atoms with van der Waals surface area (Å²) in [6.45, 7) is 1.23. The van der Waals surface area contributed by atoms with Crippen LogP contribution in [0.5, 0.6) is 17.2 Å². The number of carbonyl (C=O) groups is 2. The van der Waals surface area contributed by atoms with Crippen molar-refractivity contribution < 1.29 is 23.8 Å². The van der Waals surface area contributed by atoms with Crippen molar-refractivity contribution in [1.82, 2.24) is 10.3 Å². The lowest BCUT2D eigenvalue weighted by Gasteiger charge is -2.25. The highest BCUT2D eigenvalue weighted by Gasteiger charge is 2.22. The Labute approximate surface area is 146 Å². The molecule has 0 unspecified atom stereocenters. The molecule has 1 saturated heterocycles. The molecule has 0 radical (unpaired) electrons. The molecule has 0 aromatic heterocycles. The second kappa shape index (κ2) is 8.91. The second-order valence-electron chi connectivity index (χ2n) is 5.51. The number of nitrogens with zero attached hydrogens (tertiary/aromatic N) is 2. The Morgan fingerprint density at radius 3 is 2.16 bits per heavy atom. The maximum absolute atomic E-state index is 12.0. The number of hydrazone groups is 1. The molecule has 8 nitrogen and oxygen atoms in total. The van der Waals surface area contributed by atoms with Gasteiger partial charge in [0.1, 0.15) is 0 Å². The molecule has 1 aliphatic rings. The predicted molar refractivity (Wildman–Crippen MR) is 92.3 cm³/mol. The number of amides is 2. The van der Waals surface area contributed by atoms with Crippen LogP contribution >= 0.6 is 0 Å². The van der Waals surface area contributed by atoms with Gasteiger partial charge in [-0.15, -0.1) is 0 Å². The highest BCUT2D eigenvalue weighted by Crippen LogP contribution is 2.37. The summed E-state index contributed by atoms with van der Waals surface area (Å²) in [4.78, 5) is 25.5. The molecule has 8 heteroatoms. The summed E-state index contributed by atoms with van der Waals surface area (Å²) in [5.74, 6) is 0.108. The van der Waals surface area contributed by atoms with E-state index in [-0.39, 0.29) is 0 Å². The van der Waals surface area contributed by atoms with E-state index >= 15 is 0 Å². The smallest absolute Gasteiger partial charge is 0.329 e. The van der Waals surface area contributed by atoms with Crippen molar-refractivity contribution in [1.29, 1.82) is 0 Å². The largest absolute Gasteiger partial charge is 0.493 e. The van der Waals surface area contributed by atoms with E-state index in [1.54, 1.807) is 17.0 Å². The van der Waals surface area contributed by atoms with E-state index < -0.39 is 11.8 Å². The Hall–Kier alpha value is -2.77. The van der Waals surface area contributed by atoms with Gasteiger partial charge in [-0.1, -0.05) is 0 Å². The van der Waals surface area contributed by atoms with E-state index in [9.17, 15) is 9.59 Å². The first-order valence-corrected chi connectivity index (χ1v) is 8.03. The van der Waals surface area contributed by atoms with Gasteiger partial charge in [-0.3, -0.25) is 9.59 Å². The fourth-order valence-electron chi connectivity index (χ4n) is 2.63. The first-order chi connectivity index (χ1) is 12.1. The summed E-state index contributed by atoms with van der Waals surface area (Å²) in [5.41, 5.74) is 2.88. The molecule has 136 valence electrons. The molecule has 1 aromatic carbocycles. The van der Waals surface area contributed by atoms with Crippen LogP contribution < -0.4 is 19.6 Å². The van der Waals surface area contributed by atoms with Crippen LogP contribution in [-0.4, -0.2) is 57.3 Å². The van der Waals surface area contributed by atoms with Crippen molar-refractivity contribution in [3.05, 3.63) is 17.7 Å². The van der Waals surface area contributed by atoms with E-state index in [0.717, 1.165) is 19.3 Å².